The molecule has 1 heterocycles. The van der Waals surface area contributed by atoms with E-state index in [0.29, 0.717) is 31.1 Å². The van der Waals surface area contributed by atoms with Crippen LogP contribution in [0.5, 0.6) is 0 Å². The molecule has 1 amide bonds. The molecule has 148 valence electrons. The largest absolute Gasteiger partial charge is 0.326 e. The first-order chi connectivity index (χ1) is 12.9. The Morgan fingerprint density at radius 1 is 1.07 bits per heavy atom. The van der Waals surface area contributed by atoms with E-state index in [9.17, 15) is 13.2 Å². The lowest BCUT2D eigenvalue weighted by molar-refractivity contribution is -0.117. The smallest absolute Gasteiger partial charge is 0.243 e. The van der Waals surface area contributed by atoms with Crippen molar-refractivity contribution >= 4 is 21.6 Å². The van der Waals surface area contributed by atoms with E-state index < -0.39 is 10.0 Å². The molecule has 0 aromatic heterocycles. The number of amides is 1. The average Bonchev–Trinajstić information content (AvgIpc) is 3.25. The summed E-state index contributed by atoms with van der Waals surface area (Å²) in [6, 6.07) is 6.59. The Morgan fingerprint density at radius 3 is 2.37 bits per heavy atom. The fraction of sp³-hybridized carbons (Fsp3) is 0.650. The van der Waals surface area contributed by atoms with Gasteiger partial charge in [-0.05, 0) is 68.3 Å². The van der Waals surface area contributed by atoms with Crippen LogP contribution in [0.4, 0.5) is 5.69 Å². The number of nitrogens with one attached hydrogen (secondary N) is 1. The predicted molar refractivity (Wildman–Crippen MR) is 105 cm³/mol. The fourth-order valence-electron chi connectivity index (χ4n) is 4.96. The number of hydrogen-bond donors (Lipinski definition) is 1. The van der Waals surface area contributed by atoms with Gasteiger partial charge in [-0.1, -0.05) is 6.42 Å². The molecular formula is C20H29N3O3S. The zero-order valence-electron chi connectivity index (χ0n) is 15.9. The Kier molecular flexibility index (Phi) is 5.27. The van der Waals surface area contributed by atoms with Crippen molar-refractivity contribution in [2.75, 3.05) is 38.5 Å². The molecule has 2 bridgehead atoms. The second-order valence-corrected chi connectivity index (χ2v) is 10.4. The van der Waals surface area contributed by atoms with Crippen LogP contribution in [0.1, 0.15) is 32.1 Å². The summed E-state index contributed by atoms with van der Waals surface area (Å²) in [4.78, 5) is 14.8. The average molecular weight is 392 g/mol. The van der Waals surface area contributed by atoms with Crippen molar-refractivity contribution in [1.82, 2.24) is 9.21 Å². The number of sulfonamides is 1. The summed E-state index contributed by atoms with van der Waals surface area (Å²) in [5.41, 5.74) is 0.667. The van der Waals surface area contributed by atoms with Crippen LogP contribution in [0, 0.1) is 17.8 Å². The Morgan fingerprint density at radius 2 is 1.78 bits per heavy atom. The molecule has 3 unspecified atom stereocenters. The van der Waals surface area contributed by atoms with Gasteiger partial charge < -0.3 is 10.2 Å². The number of carbonyl (C=O) groups is 1. The van der Waals surface area contributed by atoms with E-state index in [1.807, 2.05) is 7.05 Å². The summed E-state index contributed by atoms with van der Waals surface area (Å²) in [5, 5.41) is 2.94. The molecule has 0 spiro atoms. The van der Waals surface area contributed by atoms with E-state index in [2.05, 4.69) is 10.2 Å². The zero-order valence-corrected chi connectivity index (χ0v) is 16.7. The highest BCUT2D eigenvalue weighted by atomic mass is 32.2. The lowest BCUT2D eigenvalue weighted by Gasteiger charge is -2.31. The van der Waals surface area contributed by atoms with Gasteiger partial charge in [0.2, 0.25) is 15.9 Å². The third-order valence-electron chi connectivity index (χ3n) is 6.57. The quantitative estimate of drug-likeness (QED) is 0.837. The third-order valence-corrected chi connectivity index (χ3v) is 8.48. The van der Waals surface area contributed by atoms with Gasteiger partial charge in [0.25, 0.3) is 0 Å². The van der Waals surface area contributed by atoms with Crippen molar-refractivity contribution in [3.63, 3.8) is 0 Å². The van der Waals surface area contributed by atoms with Gasteiger partial charge in [-0.2, -0.15) is 4.31 Å². The first-order valence-corrected chi connectivity index (χ1v) is 11.4. The van der Waals surface area contributed by atoms with Gasteiger partial charge in [-0.3, -0.25) is 4.79 Å². The summed E-state index contributed by atoms with van der Waals surface area (Å²) >= 11 is 0. The number of likely N-dealkylation sites (N-methyl/N-ethyl adjacent to an activating group) is 1. The highest BCUT2D eigenvalue weighted by Gasteiger charge is 2.40. The Labute approximate surface area is 162 Å². The second kappa shape index (κ2) is 7.53. The number of piperazine rings is 1. The second-order valence-electron chi connectivity index (χ2n) is 8.42. The van der Waals surface area contributed by atoms with Crippen molar-refractivity contribution in [2.24, 2.45) is 17.8 Å². The first-order valence-electron chi connectivity index (χ1n) is 10.0. The number of hydrogen-bond acceptors (Lipinski definition) is 4. The predicted octanol–water partition coefficient (Wildman–Crippen LogP) is 2.39. The van der Waals surface area contributed by atoms with Crippen molar-refractivity contribution in [3.05, 3.63) is 24.3 Å². The lowest BCUT2D eigenvalue weighted by Crippen LogP contribution is -2.46. The number of anilines is 1. The maximum atomic E-state index is 12.8. The van der Waals surface area contributed by atoms with Crippen LogP contribution >= 0.6 is 0 Å². The van der Waals surface area contributed by atoms with Gasteiger partial charge in [-0.25, -0.2) is 8.42 Å². The van der Waals surface area contributed by atoms with Crippen LogP contribution in [0.25, 0.3) is 0 Å². The molecule has 4 rings (SSSR count). The minimum atomic E-state index is -3.46. The van der Waals surface area contributed by atoms with Gasteiger partial charge in [0.15, 0.2) is 0 Å². The molecule has 1 aliphatic heterocycles. The standard InChI is InChI=1S/C20H29N3O3S/c1-22-8-10-23(11-9-22)27(25,26)19-6-4-18(5-7-19)21-20(24)14-17-13-15-2-3-16(17)12-15/h4-7,15-17H,2-3,8-14H2,1H3,(H,21,24). The Balaban J connectivity index is 1.35. The minimum absolute atomic E-state index is 0.0437. The molecule has 0 radical (unpaired) electrons. The van der Waals surface area contributed by atoms with E-state index in [4.69, 9.17) is 0 Å². The van der Waals surface area contributed by atoms with Gasteiger partial charge in [0.1, 0.15) is 0 Å². The van der Waals surface area contributed by atoms with Gasteiger partial charge in [0, 0.05) is 38.3 Å². The van der Waals surface area contributed by atoms with E-state index in [-0.39, 0.29) is 10.8 Å². The molecule has 2 saturated carbocycles. The molecule has 1 aromatic carbocycles. The monoisotopic (exact) mass is 391 g/mol. The molecule has 1 saturated heterocycles. The molecule has 3 aliphatic rings. The molecule has 27 heavy (non-hydrogen) atoms. The van der Waals surface area contributed by atoms with E-state index in [1.165, 1.54) is 30.0 Å². The van der Waals surface area contributed by atoms with Gasteiger partial charge >= 0.3 is 0 Å². The van der Waals surface area contributed by atoms with E-state index >= 15 is 0 Å². The van der Waals surface area contributed by atoms with Crippen molar-refractivity contribution in [1.29, 1.82) is 0 Å². The lowest BCUT2D eigenvalue weighted by atomic mass is 9.86. The first kappa shape index (κ1) is 18.9. The minimum Gasteiger partial charge on any atom is -0.326 e. The molecule has 1 aromatic rings. The topological polar surface area (TPSA) is 69.7 Å². The van der Waals surface area contributed by atoms with Gasteiger partial charge in [-0.15, -0.1) is 0 Å². The molecular weight excluding hydrogens is 362 g/mol. The van der Waals surface area contributed by atoms with Crippen LogP contribution in [0.3, 0.4) is 0 Å². The maximum absolute atomic E-state index is 12.8. The van der Waals surface area contributed by atoms with E-state index in [0.717, 1.165) is 24.9 Å². The molecule has 6 nitrogen and oxygen atoms in total. The Bertz CT molecular complexity index is 785. The summed E-state index contributed by atoms with van der Waals surface area (Å²) in [7, 11) is -1.46. The summed E-state index contributed by atoms with van der Waals surface area (Å²) < 4.78 is 27.0. The van der Waals surface area contributed by atoms with Crippen molar-refractivity contribution < 1.29 is 13.2 Å². The zero-order chi connectivity index (χ0) is 19.0. The van der Waals surface area contributed by atoms with Gasteiger partial charge in [0.05, 0.1) is 4.90 Å². The number of nitrogens with zero attached hydrogens (tertiary/aromatic N) is 2. The normalized spacial score (nSPS) is 29.1. The number of rotatable bonds is 5. The molecule has 7 heteroatoms. The highest BCUT2D eigenvalue weighted by Crippen LogP contribution is 2.49. The third kappa shape index (κ3) is 4.05. The van der Waals surface area contributed by atoms with Crippen LogP contribution in [-0.4, -0.2) is 56.8 Å². The van der Waals surface area contributed by atoms with Crippen LogP contribution < -0.4 is 5.32 Å². The maximum Gasteiger partial charge on any atom is 0.243 e. The highest BCUT2D eigenvalue weighted by molar-refractivity contribution is 7.89. The van der Waals surface area contributed by atoms with Crippen molar-refractivity contribution in [3.8, 4) is 0 Å². The number of benzene rings is 1. The number of fused-ring (bicyclic) bond motifs is 2. The van der Waals surface area contributed by atoms with Crippen LogP contribution in [-0.2, 0) is 14.8 Å². The Hall–Kier alpha value is -1.44. The SMILES string of the molecule is CN1CCN(S(=O)(=O)c2ccc(NC(=O)CC3CC4CCC3C4)cc2)CC1. The van der Waals surface area contributed by atoms with Crippen LogP contribution in [0.15, 0.2) is 29.2 Å². The number of carbonyl (C=O) groups excluding carboxylic acids is 1. The summed E-state index contributed by atoms with van der Waals surface area (Å²) in [6.07, 6.45) is 5.70. The fourth-order valence-corrected chi connectivity index (χ4v) is 6.39. The molecule has 3 atom stereocenters. The molecule has 3 fully saturated rings. The van der Waals surface area contributed by atoms with Crippen molar-refractivity contribution in [2.45, 2.75) is 37.0 Å². The molecule has 2 aliphatic carbocycles. The van der Waals surface area contributed by atoms with E-state index in [1.54, 1.807) is 24.3 Å². The van der Waals surface area contributed by atoms with Crippen LogP contribution in [0.2, 0.25) is 0 Å². The summed E-state index contributed by atoms with van der Waals surface area (Å²) in [6.45, 7) is 2.52. The summed E-state index contributed by atoms with van der Waals surface area (Å²) in [5.74, 6) is 2.14. The molecule has 1 N–H and O–H groups in total.